The van der Waals surface area contributed by atoms with Crippen molar-refractivity contribution in [1.82, 2.24) is 19.5 Å². The minimum atomic E-state index is -4.90. The minimum Gasteiger partial charge on any atom is -0.382 e. The lowest BCUT2D eigenvalue weighted by Crippen LogP contribution is -2.28. The quantitative estimate of drug-likeness (QED) is 0.268. The second-order valence-corrected chi connectivity index (χ2v) is 8.61. The molecule has 3 heterocycles. The lowest BCUT2D eigenvalue weighted by atomic mass is 10.2. The molecule has 3 atom stereocenters. The number of anilines is 1. The van der Waals surface area contributed by atoms with Gasteiger partial charge in [0.15, 0.2) is 21.7 Å². The smallest absolute Gasteiger partial charge is 0.382 e. The zero-order chi connectivity index (χ0) is 20.0. The Balaban J connectivity index is 1.91. The van der Waals surface area contributed by atoms with Gasteiger partial charge in [-0.25, -0.2) is 24.1 Å². The average molecular weight is 490 g/mol. The maximum absolute atomic E-state index is 11.2. The fraction of sp³-hybridized carbons (Fsp3) is 0.500. The van der Waals surface area contributed by atoms with Gasteiger partial charge in [0.25, 0.3) is 0 Å². The Bertz CT molecular complexity index is 945. The third-order valence-corrected chi connectivity index (χ3v) is 5.20. The summed E-state index contributed by atoms with van der Waals surface area (Å²) >= 11 is 3.22. The van der Waals surface area contributed by atoms with E-state index in [1.807, 2.05) is 0 Å². The van der Waals surface area contributed by atoms with Gasteiger partial charge in [-0.05, 0) is 15.9 Å². The minimum absolute atomic E-state index is 0.0890. The van der Waals surface area contributed by atoms with Crippen molar-refractivity contribution >= 4 is 48.6 Å². The Morgan fingerprint density at radius 3 is 2.63 bits per heavy atom. The molecule has 1 aliphatic rings. The zero-order valence-corrected chi connectivity index (χ0v) is 16.6. The predicted molar refractivity (Wildman–Crippen MR) is 90.9 cm³/mol. The molecule has 2 aromatic rings. The standard InChI is InChI=1S/C10H14BrN5O9P2/c11-10-15-7-8(12)13-3-14-9(7)16(10)6-1-4(25-27(20,21)22)5(24-6)2-23-26(17,18)19/h3-6H,1-2H2,(H2,12,13,14)(H2,17,18,19)(H2,20,21,22)/t4-,5-,6-/m1/s1. The maximum atomic E-state index is 11.2. The van der Waals surface area contributed by atoms with Crippen molar-refractivity contribution in [2.45, 2.75) is 24.9 Å². The van der Waals surface area contributed by atoms with Gasteiger partial charge in [0.1, 0.15) is 24.8 Å². The molecule has 2 aromatic heterocycles. The number of nitrogens with two attached hydrogens (primary N) is 1. The molecule has 0 aromatic carbocycles. The molecule has 0 spiro atoms. The molecular formula is C10H14BrN5O9P2. The van der Waals surface area contributed by atoms with Crippen LogP contribution in [-0.4, -0.2) is 57.9 Å². The van der Waals surface area contributed by atoms with Crippen LogP contribution in [0.5, 0.6) is 0 Å². The molecule has 6 N–H and O–H groups in total. The number of hydrogen-bond acceptors (Lipinski definition) is 9. The molecule has 0 saturated carbocycles. The van der Waals surface area contributed by atoms with Crippen molar-refractivity contribution in [3.05, 3.63) is 11.1 Å². The first kappa shape index (κ1) is 20.7. The molecule has 1 fully saturated rings. The van der Waals surface area contributed by atoms with Gasteiger partial charge in [-0.3, -0.25) is 13.6 Å². The van der Waals surface area contributed by atoms with E-state index in [4.69, 9.17) is 30.0 Å². The summed E-state index contributed by atoms with van der Waals surface area (Å²) in [7, 11) is -9.73. The molecule has 1 saturated heterocycles. The number of rotatable bonds is 6. The van der Waals surface area contributed by atoms with Crippen molar-refractivity contribution in [2.75, 3.05) is 12.3 Å². The van der Waals surface area contributed by atoms with Crippen LogP contribution in [0, 0.1) is 0 Å². The number of nitrogen functional groups attached to an aromatic ring is 1. The summed E-state index contributed by atoms with van der Waals surface area (Å²) in [5.41, 5.74) is 6.30. The third kappa shape index (κ3) is 4.90. The Labute approximate surface area is 159 Å². The third-order valence-electron chi connectivity index (χ3n) is 3.61. The first-order valence-electron chi connectivity index (χ1n) is 7.18. The van der Waals surface area contributed by atoms with Crippen LogP contribution in [0.1, 0.15) is 12.6 Å². The van der Waals surface area contributed by atoms with E-state index in [2.05, 4.69) is 39.9 Å². The second-order valence-electron chi connectivity index (χ2n) is 5.47. The number of phosphoric acid groups is 2. The molecule has 17 heteroatoms. The van der Waals surface area contributed by atoms with Crippen molar-refractivity contribution in [3.8, 4) is 0 Å². The van der Waals surface area contributed by atoms with Gasteiger partial charge in [0, 0.05) is 6.42 Å². The Kier molecular flexibility index (Phi) is 5.72. The van der Waals surface area contributed by atoms with Gasteiger partial charge in [-0.2, -0.15) is 0 Å². The van der Waals surface area contributed by atoms with Crippen LogP contribution in [0.15, 0.2) is 11.1 Å². The normalized spacial score (nSPS) is 24.0. The van der Waals surface area contributed by atoms with Crippen LogP contribution in [0.3, 0.4) is 0 Å². The summed E-state index contributed by atoms with van der Waals surface area (Å²) in [6.45, 7) is -0.660. The lowest BCUT2D eigenvalue weighted by Gasteiger charge is -2.19. The summed E-state index contributed by atoms with van der Waals surface area (Å²) in [5.74, 6) is 0.113. The van der Waals surface area contributed by atoms with E-state index in [0.29, 0.717) is 0 Å². The van der Waals surface area contributed by atoms with Crippen LogP contribution in [0.2, 0.25) is 0 Å². The SMILES string of the molecule is Nc1ncnc2c1nc(Br)n2[C@H]1C[C@@H](OP(=O)(O)O)[C@@H](COP(=O)(O)O)O1. The van der Waals surface area contributed by atoms with Crippen LogP contribution in [0.4, 0.5) is 5.82 Å². The van der Waals surface area contributed by atoms with Gasteiger partial charge in [0.2, 0.25) is 0 Å². The average Bonchev–Trinajstić information content (AvgIpc) is 3.04. The summed E-state index contributed by atoms with van der Waals surface area (Å²) in [5, 5.41) is 0. The van der Waals surface area contributed by atoms with E-state index >= 15 is 0 Å². The van der Waals surface area contributed by atoms with E-state index in [0.717, 1.165) is 0 Å². The number of fused-ring (bicyclic) bond motifs is 1. The van der Waals surface area contributed by atoms with Crippen molar-refractivity contribution in [2.24, 2.45) is 0 Å². The first-order chi connectivity index (χ1) is 12.4. The topological polar surface area (TPSA) is 212 Å². The maximum Gasteiger partial charge on any atom is 0.469 e. The molecule has 0 unspecified atom stereocenters. The fourth-order valence-corrected chi connectivity index (χ4v) is 4.11. The highest BCUT2D eigenvalue weighted by Gasteiger charge is 2.42. The Hall–Kier alpha value is -0.990. The molecule has 150 valence electrons. The van der Waals surface area contributed by atoms with Gasteiger partial charge >= 0.3 is 15.6 Å². The number of ether oxygens (including phenoxy) is 1. The monoisotopic (exact) mass is 489 g/mol. The van der Waals surface area contributed by atoms with Crippen molar-refractivity contribution in [1.29, 1.82) is 0 Å². The molecule has 14 nitrogen and oxygen atoms in total. The van der Waals surface area contributed by atoms with E-state index < -0.39 is 40.7 Å². The lowest BCUT2D eigenvalue weighted by molar-refractivity contribution is -0.0424. The number of imidazole rings is 1. The Morgan fingerprint density at radius 2 is 2.00 bits per heavy atom. The van der Waals surface area contributed by atoms with E-state index in [1.54, 1.807) is 0 Å². The number of halogens is 1. The van der Waals surface area contributed by atoms with E-state index in [9.17, 15) is 9.13 Å². The highest BCUT2D eigenvalue weighted by molar-refractivity contribution is 9.10. The number of phosphoric ester groups is 2. The van der Waals surface area contributed by atoms with Gasteiger partial charge < -0.3 is 30.0 Å². The van der Waals surface area contributed by atoms with Crippen LogP contribution in [0.25, 0.3) is 11.2 Å². The second kappa shape index (κ2) is 7.44. The highest BCUT2D eigenvalue weighted by Crippen LogP contribution is 2.46. The van der Waals surface area contributed by atoms with E-state index in [1.165, 1.54) is 10.9 Å². The fourth-order valence-electron chi connectivity index (χ4n) is 2.62. The van der Waals surface area contributed by atoms with Crippen LogP contribution >= 0.6 is 31.6 Å². The number of hydrogen-bond donors (Lipinski definition) is 5. The summed E-state index contributed by atoms with van der Waals surface area (Å²) in [6.07, 6.45) is -2.17. The molecular weight excluding hydrogens is 476 g/mol. The first-order valence-corrected chi connectivity index (χ1v) is 11.0. The predicted octanol–water partition coefficient (Wildman–Crippen LogP) is 0.0457. The highest BCUT2D eigenvalue weighted by atomic mass is 79.9. The summed E-state index contributed by atoms with van der Waals surface area (Å²) in [4.78, 5) is 47.9. The van der Waals surface area contributed by atoms with Crippen LogP contribution in [-0.2, 0) is 22.9 Å². The molecule has 0 bridgehead atoms. The Morgan fingerprint density at radius 1 is 1.30 bits per heavy atom. The largest absolute Gasteiger partial charge is 0.469 e. The molecule has 3 rings (SSSR count). The summed E-state index contributed by atoms with van der Waals surface area (Å²) < 4.78 is 38.5. The molecule has 27 heavy (non-hydrogen) atoms. The van der Waals surface area contributed by atoms with Crippen molar-refractivity contribution < 1.29 is 42.5 Å². The van der Waals surface area contributed by atoms with Crippen LogP contribution < -0.4 is 5.73 Å². The molecule has 1 aliphatic heterocycles. The number of nitrogens with zero attached hydrogens (tertiary/aromatic N) is 4. The van der Waals surface area contributed by atoms with E-state index in [-0.39, 0.29) is 28.1 Å². The summed E-state index contributed by atoms with van der Waals surface area (Å²) in [6, 6.07) is 0. The van der Waals surface area contributed by atoms with Gasteiger partial charge in [-0.15, -0.1) is 0 Å². The van der Waals surface area contributed by atoms with Gasteiger partial charge in [-0.1, -0.05) is 0 Å². The zero-order valence-electron chi connectivity index (χ0n) is 13.2. The van der Waals surface area contributed by atoms with Crippen molar-refractivity contribution in [3.63, 3.8) is 0 Å². The van der Waals surface area contributed by atoms with Gasteiger partial charge in [0.05, 0.1) is 6.61 Å². The molecule has 0 aliphatic carbocycles. The molecule has 0 radical (unpaired) electrons. The molecule has 0 amide bonds. The number of aromatic nitrogens is 4.